The average Bonchev–Trinajstić information content (AvgIpc) is 2.70. The Morgan fingerprint density at radius 3 is 2.48 bits per heavy atom. The molecule has 166 valence electrons. The fourth-order valence-electron chi connectivity index (χ4n) is 2.47. The molecule has 0 saturated heterocycles. The van der Waals surface area contributed by atoms with Crippen molar-refractivity contribution in [2.24, 2.45) is 5.16 Å². The fraction of sp³-hybridized carbons (Fsp3) is 0.333. The van der Waals surface area contributed by atoms with E-state index in [4.69, 9.17) is 37.5 Å². The maximum absolute atomic E-state index is 12.2. The molecular weight excluding hydrogens is 445 g/mol. The minimum Gasteiger partial charge on any atom is -0.472 e. The van der Waals surface area contributed by atoms with Crippen LogP contribution in [-0.4, -0.2) is 42.3 Å². The van der Waals surface area contributed by atoms with E-state index in [0.29, 0.717) is 16.1 Å². The summed E-state index contributed by atoms with van der Waals surface area (Å²) in [5, 5.41) is 6.77. The summed E-state index contributed by atoms with van der Waals surface area (Å²) in [5.74, 6) is -0.916. The quantitative estimate of drug-likeness (QED) is 0.375. The molecule has 0 atom stereocenters. The Balaban J connectivity index is 2.29. The van der Waals surface area contributed by atoms with Gasteiger partial charge in [-0.15, -0.1) is 0 Å². The summed E-state index contributed by atoms with van der Waals surface area (Å²) in [4.78, 5) is 33.3. The first kappa shape index (κ1) is 24.4. The second kappa shape index (κ2) is 10.5. The predicted molar refractivity (Wildman–Crippen MR) is 118 cm³/mol. The summed E-state index contributed by atoms with van der Waals surface area (Å²) >= 11 is 12.6. The van der Waals surface area contributed by atoms with E-state index in [9.17, 15) is 9.59 Å². The molecule has 1 aromatic carbocycles. The van der Waals surface area contributed by atoms with Crippen molar-refractivity contribution in [3.05, 3.63) is 57.2 Å². The van der Waals surface area contributed by atoms with Gasteiger partial charge in [0.05, 0.1) is 5.56 Å². The normalized spacial score (nSPS) is 11.6. The fourth-order valence-corrected chi connectivity index (χ4v) is 2.92. The second-order valence-electron chi connectivity index (χ2n) is 7.27. The van der Waals surface area contributed by atoms with Crippen LogP contribution in [0.1, 0.15) is 42.3 Å². The van der Waals surface area contributed by atoms with Crippen LogP contribution in [0, 0.1) is 0 Å². The van der Waals surface area contributed by atoms with Crippen molar-refractivity contribution in [1.29, 1.82) is 0 Å². The number of amides is 1. The number of rotatable bonds is 7. The lowest BCUT2D eigenvalue weighted by Gasteiger charge is -2.19. The molecule has 2 rings (SSSR count). The number of likely N-dealkylation sites (N-methyl/N-ethyl adjacent to an activating group) is 1. The summed E-state index contributed by atoms with van der Waals surface area (Å²) in [5.41, 5.74) is 0.490. The first-order valence-electron chi connectivity index (χ1n) is 9.20. The molecular formula is C21H23Cl2N3O5. The van der Waals surface area contributed by atoms with E-state index in [0.717, 1.165) is 0 Å². The van der Waals surface area contributed by atoms with E-state index in [1.54, 1.807) is 39.0 Å². The molecule has 0 saturated carbocycles. The van der Waals surface area contributed by atoms with Gasteiger partial charge in [-0.2, -0.15) is 0 Å². The number of esters is 1. The van der Waals surface area contributed by atoms with Crippen LogP contribution >= 0.6 is 23.2 Å². The van der Waals surface area contributed by atoms with Gasteiger partial charge in [0.1, 0.15) is 24.3 Å². The van der Waals surface area contributed by atoms with Gasteiger partial charge in [-0.05, 0) is 32.9 Å². The number of nitrogens with zero attached hydrogens (tertiary/aromatic N) is 2. The Hall–Kier alpha value is -2.84. The summed E-state index contributed by atoms with van der Waals surface area (Å²) < 4.78 is 11.0. The van der Waals surface area contributed by atoms with Crippen LogP contribution in [-0.2, 0) is 21.0 Å². The van der Waals surface area contributed by atoms with Crippen LogP contribution in [0.3, 0.4) is 0 Å². The van der Waals surface area contributed by atoms with Gasteiger partial charge < -0.3 is 19.6 Å². The number of halogens is 2. The Labute approximate surface area is 190 Å². The number of nitrogens with one attached hydrogen (secondary N) is 1. The molecule has 0 bridgehead atoms. The van der Waals surface area contributed by atoms with Crippen LogP contribution in [0.5, 0.6) is 5.88 Å². The molecule has 0 unspecified atom stereocenters. The van der Waals surface area contributed by atoms with Crippen LogP contribution in [0.4, 0.5) is 0 Å². The van der Waals surface area contributed by atoms with Crippen LogP contribution in [0.25, 0.3) is 0 Å². The lowest BCUT2D eigenvalue weighted by Crippen LogP contribution is -2.29. The monoisotopic (exact) mass is 467 g/mol. The van der Waals surface area contributed by atoms with Crippen LogP contribution in [0.15, 0.2) is 35.6 Å². The number of hydrogen-bond acceptors (Lipinski definition) is 7. The van der Waals surface area contributed by atoms with Gasteiger partial charge in [0, 0.05) is 29.4 Å². The van der Waals surface area contributed by atoms with Crippen LogP contribution in [0.2, 0.25) is 10.0 Å². The summed E-state index contributed by atoms with van der Waals surface area (Å²) in [7, 11) is 2.81. The number of aromatic nitrogens is 1. The third-order valence-electron chi connectivity index (χ3n) is 3.79. The maximum Gasteiger partial charge on any atom is 0.340 e. The standard InChI is InChI=1S/C21H23Cl2N3O5/c1-21(2,3)31-20(28)12-9-16(23)19(25-10-12)30-11-14-13(7-6-8-15(14)22)17(26-29-5)18(27)24-4/h6-10H,11H2,1-5H3,(H,24,27). The van der Waals surface area contributed by atoms with Crippen molar-refractivity contribution in [3.8, 4) is 5.88 Å². The topological polar surface area (TPSA) is 99.1 Å². The highest BCUT2D eigenvalue weighted by Gasteiger charge is 2.22. The van der Waals surface area contributed by atoms with Crippen molar-refractivity contribution in [3.63, 3.8) is 0 Å². The zero-order valence-corrected chi connectivity index (χ0v) is 19.3. The van der Waals surface area contributed by atoms with E-state index in [1.165, 1.54) is 26.4 Å². The first-order chi connectivity index (χ1) is 14.6. The first-order valence-corrected chi connectivity index (χ1v) is 9.95. The second-order valence-corrected chi connectivity index (χ2v) is 8.08. The third kappa shape index (κ3) is 6.57. The molecule has 0 radical (unpaired) electrons. The number of oxime groups is 1. The summed E-state index contributed by atoms with van der Waals surface area (Å²) in [6.45, 7) is 5.23. The number of hydrogen-bond donors (Lipinski definition) is 1. The van der Waals surface area contributed by atoms with Crippen molar-refractivity contribution >= 4 is 40.8 Å². The molecule has 0 aliphatic carbocycles. The van der Waals surface area contributed by atoms with Gasteiger partial charge in [-0.1, -0.05) is 40.5 Å². The highest BCUT2D eigenvalue weighted by Crippen LogP contribution is 2.27. The zero-order valence-electron chi connectivity index (χ0n) is 17.8. The lowest BCUT2D eigenvalue weighted by molar-refractivity contribution is -0.114. The number of carbonyl (C=O) groups excluding carboxylic acids is 2. The molecule has 1 heterocycles. The molecule has 1 N–H and O–H groups in total. The molecule has 1 amide bonds. The van der Waals surface area contributed by atoms with Crippen molar-refractivity contribution < 1.29 is 23.9 Å². The van der Waals surface area contributed by atoms with E-state index in [2.05, 4.69) is 15.5 Å². The Morgan fingerprint density at radius 1 is 1.19 bits per heavy atom. The van der Waals surface area contributed by atoms with Gasteiger partial charge in [-0.25, -0.2) is 9.78 Å². The molecule has 10 heteroatoms. The van der Waals surface area contributed by atoms with Gasteiger partial charge in [0.25, 0.3) is 5.91 Å². The van der Waals surface area contributed by atoms with E-state index in [1.807, 2.05) is 0 Å². The Morgan fingerprint density at radius 2 is 1.90 bits per heavy atom. The minimum absolute atomic E-state index is 0.0328. The van der Waals surface area contributed by atoms with E-state index >= 15 is 0 Å². The number of pyridine rings is 1. The van der Waals surface area contributed by atoms with Crippen molar-refractivity contribution in [2.75, 3.05) is 14.2 Å². The third-order valence-corrected chi connectivity index (χ3v) is 4.42. The average molecular weight is 468 g/mol. The van der Waals surface area contributed by atoms with Gasteiger partial charge in [0.15, 0.2) is 5.71 Å². The maximum atomic E-state index is 12.2. The van der Waals surface area contributed by atoms with Crippen LogP contribution < -0.4 is 10.1 Å². The molecule has 0 fully saturated rings. The van der Waals surface area contributed by atoms with Gasteiger partial charge >= 0.3 is 5.97 Å². The Bertz CT molecular complexity index is 1000. The SMILES string of the molecule is CNC(=O)C(=NOC)c1cccc(Cl)c1COc1ncc(C(=O)OC(C)(C)C)cc1Cl. The number of ether oxygens (including phenoxy) is 2. The van der Waals surface area contributed by atoms with E-state index in [-0.39, 0.29) is 28.8 Å². The zero-order chi connectivity index (χ0) is 23.2. The number of benzene rings is 1. The highest BCUT2D eigenvalue weighted by molar-refractivity contribution is 6.46. The molecule has 0 aliphatic heterocycles. The van der Waals surface area contributed by atoms with Gasteiger partial charge in [0.2, 0.25) is 5.88 Å². The summed E-state index contributed by atoms with van der Waals surface area (Å²) in [6.07, 6.45) is 1.31. The molecule has 1 aromatic heterocycles. The number of carbonyl (C=O) groups is 2. The molecule has 2 aromatic rings. The molecule has 0 aliphatic rings. The largest absolute Gasteiger partial charge is 0.472 e. The van der Waals surface area contributed by atoms with Crippen molar-refractivity contribution in [2.45, 2.75) is 33.0 Å². The predicted octanol–water partition coefficient (Wildman–Crippen LogP) is 4.02. The minimum atomic E-state index is -0.647. The van der Waals surface area contributed by atoms with E-state index < -0.39 is 17.5 Å². The highest BCUT2D eigenvalue weighted by atomic mass is 35.5. The molecule has 31 heavy (non-hydrogen) atoms. The molecule has 0 spiro atoms. The van der Waals surface area contributed by atoms with Gasteiger partial charge in [-0.3, -0.25) is 4.79 Å². The lowest BCUT2D eigenvalue weighted by atomic mass is 10.0. The smallest absolute Gasteiger partial charge is 0.340 e. The van der Waals surface area contributed by atoms with Crippen molar-refractivity contribution in [1.82, 2.24) is 10.3 Å². The summed E-state index contributed by atoms with van der Waals surface area (Å²) in [6, 6.07) is 6.40. The Kier molecular flexibility index (Phi) is 8.24. The molecule has 8 nitrogen and oxygen atoms in total.